The number of carbonyl (C=O) groups is 2. The second-order valence-electron chi connectivity index (χ2n) is 9.53. The van der Waals surface area contributed by atoms with Gasteiger partial charge in [-0.25, -0.2) is 0 Å². The fraction of sp³-hybridized carbons (Fsp3) is 0.321. The van der Waals surface area contributed by atoms with Crippen LogP contribution in [0, 0.1) is 5.41 Å². The molecular formula is C28H30N2O4. The minimum absolute atomic E-state index is 0.0385. The van der Waals surface area contributed by atoms with Crippen LogP contribution in [-0.4, -0.2) is 22.9 Å². The van der Waals surface area contributed by atoms with E-state index in [4.69, 9.17) is 4.74 Å². The first-order valence-corrected chi connectivity index (χ1v) is 11.6. The van der Waals surface area contributed by atoms with Crippen molar-refractivity contribution in [1.29, 1.82) is 0 Å². The quantitative estimate of drug-likeness (QED) is 0.571. The molecule has 6 nitrogen and oxygen atoms in total. The second-order valence-corrected chi connectivity index (χ2v) is 9.53. The Labute approximate surface area is 199 Å². The Morgan fingerprint density at radius 1 is 1.06 bits per heavy atom. The normalized spacial score (nSPS) is 15.4. The van der Waals surface area contributed by atoms with Crippen molar-refractivity contribution in [2.75, 3.05) is 6.61 Å². The molecule has 1 heterocycles. The molecule has 0 spiro atoms. The Morgan fingerprint density at radius 3 is 2.38 bits per heavy atom. The average Bonchev–Trinajstić information content (AvgIpc) is 2.79. The number of fused-ring (bicyclic) bond motifs is 1. The summed E-state index contributed by atoms with van der Waals surface area (Å²) in [6, 6.07) is 17.9. The van der Waals surface area contributed by atoms with Gasteiger partial charge in [0.1, 0.15) is 11.3 Å². The van der Waals surface area contributed by atoms with Gasteiger partial charge in [0.25, 0.3) is 11.5 Å². The van der Waals surface area contributed by atoms with Crippen molar-refractivity contribution in [3.05, 3.63) is 93.4 Å². The summed E-state index contributed by atoms with van der Waals surface area (Å²) < 4.78 is 7.05. The maximum atomic E-state index is 13.7. The molecule has 176 valence electrons. The minimum Gasteiger partial charge on any atom is -0.494 e. The highest BCUT2D eigenvalue weighted by Gasteiger charge is 2.35. The lowest BCUT2D eigenvalue weighted by Crippen LogP contribution is -2.39. The molecule has 0 saturated heterocycles. The molecule has 3 aromatic rings. The van der Waals surface area contributed by atoms with Gasteiger partial charge in [-0.3, -0.25) is 19.0 Å². The highest BCUT2D eigenvalue weighted by Crippen LogP contribution is 2.35. The molecule has 1 aliphatic rings. The van der Waals surface area contributed by atoms with E-state index in [1.165, 1.54) is 10.6 Å². The van der Waals surface area contributed by atoms with Crippen molar-refractivity contribution in [3.8, 4) is 11.4 Å². The van der Waals surface area contributed by atoms with Gasteiger partial charge in [-0.2, -0.15) is 0 Å². The molecule has 2 aromatic carbocycles. The van der Waals surface area contributed by atoms with E-state index in [0.717, 1.165) is 5.56 Å². The predicted molar refractivity (Wildman–Crippen MR) is 132 cm³/mol. The topological polar surface area (TPSA) is 77.4 Å². The summed E-state index contributed by atoms with van der Waals surface area (Å²) in [4.78, 5) is 40.0. The number of hydrogen-bond acceptors (Lipinski definition) is 4. The monoisotopic (exact) mass is 458 g/mol. The molecule has 34 heavy (non-hydrogen) atoms. The third-order valence-electron chi connectivity index (χ3n) is 6.19. The molecule has 0 aliphatic heterocycles. The van der Waals surface area contributed by atoms with E-state index in [1.54, 1.807) is 24.3 Å². The van der Waals surface area contributed by atoms with E-state index >= 15 is 0 Å². The summed E-state index contributed by atoms with van der Waals surface area (Å²) in [6.45, 7) is 8.34. The van der Waals surface area contributed by atoms with Crippen LogP contribution in [0.1, 0.15) is 72.1 Å². The van der Waals surface area contributed by atoms with Crippen LogP contribution in [0.2, 0.25) is 0 Å². The van der Waals surface area contributed by atoms with Crippen molar-refractivity contribution in [2.24, 2.45) is 5.41 Å². The van der Waals surface area contributed by atoms with E-state index in [2.05, 4.69) is 5.32 Å². The number of hydrogen-bond donors (Lipinski definition) is 1. The van der Waals surface area contributed by atoms with E-state index in [9.17, 15) is 14.4 Å². The van der Waals surface area contributed by atoms with Crippen LogP contribution in [0.25, 0.3) is 5.69 Å². The largest absolute Gasteiger partial charge is 0.494 e. The number of nitrogens with one attached hydrogen (secondary N) is 1. The van der Waals surface area contributed by atoms with Crippen LogP contribution >= 0.6 is 0 Å². The molecule has 1 unspecified atom stereocenters. The van der Waals surface area contributed by atoms with E-state index in [-0.39, 0.29) is 22.8 Å². The van der Waals surface area contributed by atoms with Crippen molar-refractivity contribution in [1.82, 2.24) is 9.88 Å². The number of ketones is 1. The molecule has 0 saturated carbocycles. The highest BCUT2D eigenvalue weighted by molar-refractivity contribution is 6.02. The summed E-state index contributed by atoms with van der Waals surface area (Å²) in [6.07, 6.45) is 0.918. The Balaban J connectivity index is 1.82. The molecular weight excluding hydrogens is 428 g/mol. The number of ether oxygens (including phenoxy) is 1. The molecule has 4 rings (SSSR count). The Morgan fingerprint density at radius 2 is 1.74 bits per heavy atom. The fourth-order valence-corrected chi connectivity index (χ4v) is 4.51. The number of pyridine rings is 1. The van der Waals surface area contributed by atoms with Crippen LogP contribution in [0.15, 0.2) is 65.5 Å². The molecule has 0 bridgehead atoms. The average molecular weight is 459 g/mol. The van der Waals surface area contributed by atoms with Gasteiger partial charge >= 0.3 is 0 Å². The zero-order valence-corrected chi connectivity index (χ0v) is 20.1. The maximum absolute atomic E-state index is 13.7. The van der Waals surface area contributed by atoms with Gasteiger partial charge in [-0.1, -0.05) is 44.2 Å². The molecule has 0 radical (unpaired) electrons. The van der Waals surface area contributed by atoms with Gasteiger partial charge < -0.3 is 10.1 Å². The van der Waals surface area contributed by atoms with Crippen molar-refractivity contribution >= 4 is 11.7 Å². The fourth-order valence-electron chi connectivity index (χ4n) is 4.51. The third-order valence-corrected chi connectivity index (χ3v) is 6.19. The Kier molecular flexibility index (Phi) is 6.42. The molecule has 0 fully saturated rings. The number of aromatic nitrogens is 1. The van der Waals surface area contributed by atoms with Crippen molar-refractivity contribution in [2.45, 2.75) is 46.6 Å². The number of carbonyl (C=O) groups excluding carboxylic acids is 2. The van der Waals surface area contributed by atoms with Crippen LogP contribution < -0.4 is 15.6 Å². The molecule has 6 heteroatoms. The predicted octanol–water partition coefficient (Wildman–Crippen LogP) is 4.88. The first-order valence-electron chi connectivity index (χ1n) is 11.6. The first kappa shape index (κ1) is 23.5. The highest BCUT2D eigenvalue weighted by atomic mass is 16.5. The standard InChI is InChI=1S/C28H30N2O4/c1-5-34-21-13-11-20(12-14-21)30-24-16-28(3,4)17-25(31)22(24)15-23(27(30)33)26(32)29-18(2)19-9-7-6-8-10-19/h6-15,18H,5,16-17H2,1-4H3,(H,29,32). The maximum Gasteiger partial charge on any atom is 0.268 e. The van der Waals surface area contributed by atoms with Crippen LogP contribution in [0.4, 0.5) is 0 Å². The number of benzene rings is 2. The summed E-state index contributed by atoms with van der Waals surface area (Å²) in [5.41, 5.74) is 1.84. The zero-order valence-electron chi connectivity index (χ0n) is 20.1. The molecule has 1 amide bonds. The minimum atomic E-state index is -0.499. The van der Waals surface area contributed by atoms with Gasteiger partial charge in [-0.05, 0) is 61.6 Å². The van der Waals surface area contributed by atoms with E-state index in [0.29, 0.717) is 42.1 Å². The van der Waals surface area contributed by atoms with Crippen LogP contribution in [-0.2, 0) is 6.42 Å². The lowest BCUT2D eigenvalue weighted by atomic mass is 9.75. The summed E-state index contributed by atoms with van der Waals surface area (Å²) in [7, 11) is 0. The SMILES string of the molecule is CCOc1ccc(-n2c3c(cc(C(=O)NC(C)c4ccccc4)c2=O)C(=O)CC(C)(C)C3)cc1. The zero-order chi connectivity index (χ0) is 24.5. The number of Topliss-reactive ketones (excluding diaryl/α,β-unsaturated/α-hetero) is 1. The molecule has 1 aromatic heterocycles. The van der Waals surface area contributed by atoms with Crippen LogP contribution in [0.3, 0.4) is 0 Å². The lowest BCUT2D eigenvalue weighted by molar-refractivity contribution is 0.0908. The summed E-state index contributed by atoms with van der Waals surface area (Å²) in [5.74, 6) is 0.132. The van der Waals surface area contributed by atoms with E-state index < -0.39 is 11.5 Å². The first-order chi connectivity index (χ1) is 16.2. The van der Waals surface area contributed by atoms with Crippen LogP contribution in [0.5, 0.6) is 5.75 Å². The number of rotatable bonds is 6. The van der Waals surface area contributed by atoms with Gasteiger partial charge in [0.15, 0.2) is 5.78 Å². The van der Waals surface area contributed by atoms with Crippen molar-refractivity contribution in [3.63, 3.8) is 0 Å². The van der Waals surface area contributed by atoms with Gasteiger partial charge in [0.05, 0.1) is 12.6 Å². The number of nitrogens with zero attached hydrogens (tertiary/aromatic N) is 1. The molecule has 1 aliphatic carbocycles. The van der Waals surface area contributed by atoms with Gasteiger partial charge in [0.2, 0.25) is 0 Å². The third kappa shape index (κ3) is 4.67. The van der Waals surface area contributed by atoms with Gasteiger partial charge in [0, 0.05) is 23.4 Å². The van der Waals surface area contributed by atoms with Crippen molar-refractivity contribution < 1.29 is 14.3 Å². The number of amides is 1. The Bertz CT molecular complexity index is 1270. The van der Waals surface area contributed by atoms with E-state index in [1.807, 2.05) is 58.0 Å². The molecule has 1 atom stereocenters. The summed E-state index contributed by atoms with van der Waals surface area (Å²) >= 11 is 0. The second kappa shape index (κ2) is 9.29. The Hall–Kier alpha value is -3.67. The molecule has 1 N–H and O–H groups in total. The lowest BCUT2D eigenvalue weighted by Gasteiger charge is -2.32. The summed E-state index contributed by atoms with van der Waals surface area (Å²) in [5, 5.41) is 2.91. The smallest absolute Gasteiger partial charge is 0.268 e. The van der Waals surface area contributed by atoms with Gasteiger partial charge in [-0.15, -0.1) is 0 Å².